The summed E-state index contributed by atoms with van der Waals surface area (Å²) in [5, 5.41) is 18.2. The third kappa shape index (κ3) is 9.85. The van der Waals surface area contributed by atoms with Gasteiger partial charge < -0.3 is 29.7 Å². The van der Waals surface area contributed by atoms with E-state index in [2.05, 4.69) is 82.4 Å². The first kappa shape index (κ1) is 36.0. The van der Waals surface area contributed by atoms with Crippen molar-refractivity contribution < 1.29 is 29.3 Å². The Balaban J connectivity index is 0.000000178. The maximum Gasteiger partial charge on any atom is 0.328 e. The molecule has 0 unspecified atom stereocenters. The predicted octanol–water partition coefficient (Wildman–Crippen LogP) is 7.06. The molecule has 48 heavy (non-hydrogen) atoms. The maximum atomic E-state index is 9.55. The topological polar surface area (TPSA) is 131 Å². The lowest BCUT2D eigenvalue weighted by molar-refractivity contribution is -0.134. The van der Waals surface area contributed by atoms with E-state index < -0.39 is 11.9 Å². The summed E-state index contributed by atoms with van der Waals surface area (Å²) < 4.78 is 10.7. The predicted molar refractivity (Wildman–Crippen MR) is 193 cm³/mol. The summed E-state index contributed by atoms with van der Waals surface area (Å²) in [4.78, 5) is 30.9. The number of aromatic amines is 2. The van der Waals surface area contributed by atoms with E-state index in [4.69, 9.17) is 19.7 Å². The Bertz CT molecular complexity index is 1640. The molecule has 0 saturated carbocycles. The van der Waals surface area contributed by atoms with Crippen LogP contribution in [0, 0.1) is 0 Å². The summed E-state index contributed by atoms with van der Waals surface area (Å²) in [5.41, 5.74) is 7.93. The molecule has 0 fully saturated rings. The molecule has 2 aromatic heterocycles. The summed E-state index contributed by atoms with van der Waals surface area (Å²) in [6.07, 6.45) is 14.8. The molecule has 2 aliphatic rings. The minimum Gasteiger partial charge on any atom is -0.497 e. The van der Waals surface area contributed by atoms with Gasteiger partial charge in [-0.1, -0.05) is 26.0 Å². The first-order chi connectivity index (χ1) is 23.3. The van der Waals surface area contributed by atoms with Crippen molar-refractivity contribution in [2.24, 2.45) is 0 Å². The summed E-state index contributed by atoms with van der Waals surface area (Å²) in [5.74, 6) is -0.676. The maximum absolute atomic E-state index is 9.55. The molecule has 10 nitrogen and oxygen atoms in total. The van der Waals surface area contributed by atoms with Gasteiger partial charge in [0.15, 0.2) is 0 Å². The highest BCUT2D eigenvalue weighted by atomic mass is 16.5. The van der Waals surface area contributed by atoms with Crippen molar-refractivity contribution in [2.75, 3.05) is 53.5 Å². The number of aliphatic carboxylic acids is 2. The minimum atomic E-state index is -1.26. The highest BCUT2D eigenvalue weighted by molar-refractivity contribution is 5.94. The van der Waals surface area contributed by atoms with Crippen LogP contribution < -0.4 is 9.47 Å². The molecule has 0 radical (unpaired) electrons. The van der Waals surface area contributed by atoms with Gasteiger partial charge in [0.2, 0.25) is 0 Å². The van der Waals surface area contributed by atoms with E-state index in [1.165, 1.54) is 70.0 Å². The van der Waals surface area contributed by atoms with E-state index in [0.717, 1.165) is 50.5 Å². The van der Waals surface area contributed by atoms with Crippen molar-refractivity contribution in [1.29, 1.82) is 0 Å². The van der Waals surface area contributed by atoms with E-state index in [-0.39, 0.29) is 0 Å². The molecule has 2 aromatic carbocycles. The molecular weight excluding hydrogens is 608 g/mol. The Kier molecular flexibility index (Phi) is 13.5. The number of carboxylic acid groups (broad SMARTS) is 2. The van der Waals surface area contributed by atoms with Crippen molar-refractivity contribution in [3.8, 4) is 11.5 Å². The Morgan fingerprint density at radius 2 is 1.15 bits per heavy atom. The number of methoxy groups -OCH3 is 2. The average molecular weight is 657 g/mol. The van der Waals surface area contributed by atoms with Gasteiger partial charge in [0.25, 0.3) is 0 Å². The van der Waals surface area contributed by atoms with Crippen LogP contribution in [0.3, 0.4) is 0 Å². The number of ether oxygens (including phenoxy) is 2. The standard InChI is InChI=1S/2C17H22N2O.C4H4O4/c2*1-3-8-19-9-6-13(7-10-19)16-12-18-17-5-4-14(20-2)11-15(16)17;5-3(6)1-2-4(7)8/h2*4-6,11-12,18H,3,7-10H2,1-2H3;1-2H,(H,5,6)(H,7,8)/b;;2-1+. The molecular formula is C38H48N4O6. The van der Waals surface area contributed by atoms with Crippen molar-refractivity contribution in [3.63, 3.8) is 0 Å². The molecule has 0 bridgehead atoms. The Morgan fingerprint density at radius 1 is 0.729 bits per heavy atom. The van der Waals surface area contributed by atoms with E-state index >= 15 is 0 Å². The van der Waals surface area contributed by atoms with Gasteiger partial charge >= 0.3 is 11.9 Å². The third-order valence-electron chi connectivity index (χ3n) is 8.50. The first-order valence-corrected chi connectivity index (χ1v) is 16.5. The number of nitrogens with zero attached hydrogens (tertiary/aromatic N) is 2. The van der Waals surface area contributed by atoms with Gasteiger partial charge in [-0.3, -0.25) is 9.80 Å². The fraction of sp³-hybridized carbons (Fsp3) is 0.368. The van der Waals surface area contributed by atoms with Gasteiger partial charge in [0, 0.05) is 83.7 Å². The largest absolute Gasteiger partial charge is 0.497 e. The van der Waals surface area contributed by atoms with Crippen LogP contribution in [0.5, 0.6) is 11.5 Å². The lowest BCUT2D eigenvalue weighted by Crippen LogP contribution is -2.29. The quantitative estimate of drug-likeness (QED) is 0.134. The molecule has 0 aliphatic carbocycles. The summed E-state index contributed by atoms with van der Waals surface area (Å²) in [7, 11) is 3.44. The van der Waals surface area contributed by atoms with Crippen molar-refractivity contribution in [3.05, 3.63) is 84.2 Å². The zero-order chi connectivity index (χ0) is 34.5. The molecule has 0 spiro atoms. The van der Waals surface area contributed by atoms with E-state index in [0.29, 0.717) is 12.2 Å². The lowest BCUT2D eigenvalue weighted by atomic mass is 9.99. The number of nitrogens with one attached hydrogen (secondary N) is 2. The highest BCUT2D eigenvalue weighted by Crippen LogP contribution is 2.32. The van der Waals surface area contributed by atoms with Crippen LogP contribution >= 0.6 is 0 Å². The first-order valence-electron chi connectivity index (χ1n) is 16.5. The lowest BCUT2D eigenvalue weighted by Gasteiger charge is -2.25. The van der Waals surface area contributed by atoms with E-state index in [9.17, 15) is 9.59 Å². The smallest absolute Gasteiger partial charge is 0.328 e. The number of fused-ring (bicyclic) bond motifs is 2. The molecule has 10 heteroatoms. The summed E-state index contributed by atoms with van der Waals surface area (Å²) in [6.45, 7) is 11.3. The molecule has 6 rings (SSSR count). The van der Waals surface area contributed by atoms with Crippen LogP contribution in [0.1, 0.15) is 50.7 Å². The van der Waals surface area contributed by atoms with Gasteiger partial charge in [0.05, 0.1) is 14.2 Å². The number of rotatable bonds is 10. The second-order valence-electron chi connectivity index (χ2n) is 11.8. The second kappa shape index (κ2) is 17.9. The fourth-order valence-corrected chi connectivity index (χ4v) is 6.08. The number of hydrogen-bond acceptors (Lipinski definition) is 6. The van der Waals surface area contributed by atoms with Crippen LogP contribution in [-0.4, -0.2) is 95.4 Å². The Hall–Kier alpha value is -4.80. The molecule has 4 N–H and O–H groups in total. The number of aromatic nitrogens is 2. The second-order valence-corrected chi connectivity index (χ2v) is 11.8. The zero-order valence-corrected chi connectivity index (χ0v) is 28.4. The Morgan fingerprint density at radius 3 is 1.46 bits per heavy atom. The average Bonchev–Trinajstić information content (AvgIpc) is 3.73. The molecule has 0 amide bonds. The van der Waals surface area contributed by atoms with Gasteiger partial charge in [-0.25, -0.2) is 9.59 Å². The zero-order valence-electron chi connectivity index (χ0n) is 28.4. The van der Waals surface area contributed by atoms with Gasteiger partial charge in [-0.05, 0) is 86.3 Å². The van der Waals surface area contributed by atoms with Gasteiger partial charge in [0.1, 0.15) is 11.5 Å². The number of hydrogen-bond donors (Lipinski definition) is 4. The number of benzene rings is 2. The highest BCUT2D eigenvalue weighted by Gasteiger charge is 2.16. The summed E-state index contributed by atoms with van der Waals surface area (Å²) >= 11 is 0. The monoisotopic (exact) mass is 656 g/mol. The molecule has 4 aromatic rings. The SMILES string of the molecule is CCCN1CC=C(c2c[nH]c3ccc(OC)cc23)CC1.CCCN1CC=C(c2c[nH]c3ccc(OC)cc23)CC1.O=C(O)/C=C/C(=O)O. The third-order valence-corrected chi connectivity index (χ3v) is 8.50. The Labute approximate surface area is 282 Å². The van der Waals surface area contributed by atoms with Crippen LogP contribution in [0.4, 0.5) is 0 Å². The number of carbonyl (C=O) groups is 2. The number of H-pyrrole nitrogens is 2. The molecule has 256 valence electrons. The van der Waals surface area contributed by atoms with Crippen LogP contribution in [-0.2, 0) is 9.59 Å². The van der Waals surface area contributed by atoms with Crippen LogP contribution in [0.15, 0.2) is 73.1 Å². The van der Waals surface area contributed by atoms with Crippen LogP contribution in [0.2, 0.25) is 0 Å². The number of carboxylic acids is 2. The van der Waals surface area contributed by atoms with Gasteiger partial charge in [-0.2, -0.15) is 0 Å². The molecule has 4 heterocycles. The van der Waals surface area contributed by atoms with Crippen molar-refractivity contribution in [1.82, 2.24) is 19.8 Å². The van der Waals surface area contributed by atoms with E-state index in [1.807, 2.05) is 12.1 Å². The van der Waals surface area contributed by atoms with Crippen molar-refractivity contribution in [2.45, 2.75) is 39.5 Å². The molecule has 2 aliphatic heterocycles. The minimum absolute atomic E-state index is 0.558. The molecule has 0 saturated heterocycles. The van der Waals surface area contributed by atoms with Gasteiger partial charge in [-0.15, -0.1) is 0 Å². The van der Waals surface area contributed by atoms with E-state index in [1.54, 1.807) is 14.2 Å². The molecule has 0 atom stereocenters. The van der Waals surface area contributed by atoms with Crippen LogP contribution in [0.25, 0.3) is 33.0 Å². The summed E-state index contributed by atoms with van der Waals surface area (Å²) in [6, 6.07) is 12.4. The van der Waals surface area contributed by atoms with Crippen molar-refractivity contribution >= 4 is 44.9 Å². The normalized spacial score (nSPS) is 15.2. The fourth-order valence-electron chi connectivity index (χ4n) is 6.08.